The molecule has 0 aliphatic carbocycles. The molecule has 84 valence electrons. The highest BCUT2D eigenvalue weighted by Crippen LogP contribution is 2.28. The fraction of sp³-hybridized carbons (Fsp3) is 0.182. The van der Waals surface area contributed by atoms with Gasteiger partial charge in [-0.25, -0.2) is 9.37 Å². The van der Waals surface area contributed by atoms with Crippen LogP contribution in [0.2, 0.25) is 0 Å². The first-order chi connectivity index (χ1) is 7.76. The molecule has 0 fully saturated rings. The molecule has 1 aromatic heterocycles. The molecule has 5 heteroatoms. The standard InChI is InChI=1S/C11H10FNO3/c1-15-10-4-7(2-3-8(10)12)11-9(5-14)13-6-16-11/h2-4,6,14H,5H2,1H3. The average Bonchev–Trinajstić information content (AvgIpc) is 2.78. The third-order valence-corrected chi connectivity index (χ3v) is 2.20. The fourth-order valence-electron chi connectivity index (χ4n) is 1.42. The summed E-state index contributed by atoms with van der Waals surface area (Å²) in [4.78, 5) is 3.84. The van der Waals surface area contributed by atoms with Crippen LogP contribution >= 0.6 is 0 Å². The monoisotopic (exact) mass is 223 g/mol. The number of nitrogens with zero attached hydrogens (tertiary/aromatic N) is 1. The maximum absolute atomic E-state index is 13.2. The number of oxazole rings is 1. The normalized spacial score (nSPS) is 10.4. The summed E-state index contributed by atoms with van der Waals surface area (Å²) in [6.07, 6.45) is 1.23. The molecule has 0 unspecified atom stereocenters. The Morgan fingerprint density at radius 3 is 3.00 bits per heavy atom. The Morgan fingerprint density at radius 1 is 1.50 bits per heavy atom. The summed E-state index contributed by atoms with van der Waals surface area (Å²) < 4.78 is 23.2. The first-order valence-corrected chi connectivity index (χ1v) is 4.63. The molecule has 0 atom stereocenters. The van der Waals surface area contributed by atoms with Gasteiger partial charge in [-0.3, -0.25) is 0 Å². The van der Waals surface area contributed by atoms with Gasteiger partial charge in [-0.15, -0.1) is 0 Å². The molecule has 2 rings (SSSR count). The third-order valence-electron chi connectivity index (χ3n) is 2.20. The molecule has 0 saturated heterocycles. The molecule has 2 aromatic rings. The minimum absolute atomic E-state index is 0.123. The van der Waals surface area contributed by atoms with Crippen LogP contribution in [0.25, 0.3) is 11.3 Å². The van der Waals surface area contributed by atoms with Gasteiger partial charge in [0.15, 0.2) is 23.7 Å². The van der Waals surface area contributed by atoms with Crippen molar-refractivity contribution >= 4 is 0 Å². The third kappa shape index (κ3) is 1.77. The number of halogens is 1. The molecule has 1 heterocycles. The molecule has 0 spiro atoms. The van der Waals surface area contributed by atoms with Gasteiger partial charge in [-0.05, 0) is 18.2 Å². The van der Waals surface area contributed by atoms with Crippen LogP contribution in [0, 0.1) is 5.82 Å². The van der Waals surface area contributed by atoms with Gasteiger partial charge in [0.2, 0.25) is 0 Å². The van der Waals surface area contributed by atoms with Crippen LogP contribution in [-0.2, 0) is 6.61 Å². The number of aromatic nitrogens is 1. The second kappa shape index (κ2) is 4.32. The molecule has 0 aliphatic heterocycles. The van der Waals surface area contributed by atoms with E-state index in [0.29, 0.717) is 17.0 Å². The molecule has 16 heavy (non-hydrogen) atoms. The second-order valence-electron chi connectivity index (χ2n) is 3.14. The van der Waals surface area contributed by atoms with Gasteiger partial charge in [-0.2, -0.15) is 0 Å². The summed E-state index contributed by atoms with van der Waals surface area (Å²) in [6.45, 7) is -0.231. The molecule has 0 aliphatic rings. The van der Waals surface area contributed by atoms with Crippen LogP contribution < -0.4 is 4.74 Å². The van der Waals surface area contributed by atoms with Gasteiger partial charge < -0.3 is 14.3 Å². The Balaban J connectivity index is 2.48. The fourth-order valence-corrected chi connectivity index (χ4v) is 1.42. The van der Waals surface area contributed by atoms with E-state index in [-0.39, 0.29) is 12.4 Å². The van der Waals surface area contributed by atoms with E-state index in [1.807, 2.05) is 0 Å². The maximum atomic E-state index is 13.2. The number of aliphatic hydroxyl groups excluding tert-OH is 1. The largest absolute Gasteiger partial charge is 0.494 e. The lowest BCUT2D eigenvalue weighted by Gasteiger charge is -2.04. The van der Waals surface area contributed by atoms with E-state index >= 15 is 0 Å². The van der Waals surface area contributed by atoms with Crippen molar-refractivity contribution in [3.8, 4) is 17.1 Å². The van der Waals surface area contributed by atoms with Gasteiger partial charge in [0, 0.05) is 5.56 Å². The summed E-state index contributed by atoms with van der Waals surface area (Å²) in [5.74, 6) is 0.0925. The van der Waals surface area contributed by atoms with E-state index in [1.54, 1.807) is 0 Å². The number of hydrogen-bond acceptors (Lipinski definition) is 4. The van der Waals surface area contributed by atoms with E-state index < -0.39 is 5.82 Å². The van der Waals surface area contributed by atoms with Crippen molar-refractivity contribution in [2.24, 2.45) is 0 Å². The van der Waals surface area contributed by atoms with Gasteiger partial charge in [-0.1, -0.05) is 0 Å². The highest BCUT2D eigenvalue weighted by molar-refractivity contribution is 5.61. The minimum Gasteiger partial charge on any atom is -0.494 e. The van der Waals surface area contributed by atoms with Crippen LogP contribution in [0.4, 0.5) is 4.39 Å². The van der Waals surface area contributed by atoms with E-state index in [2.05, 4.69) is 4.98 Å². The molecule has 0 radical (unpaired) electrons. The number of hydrogen-bond donors (Lipinski definition) is 1. The van der Waals surface area contributed by atoms with Crippen molar-refractivity contribution in [2.75, 3.05) is 7.11 Å². The second-order valence-corrected chi connectivity index (χ2v) is 3.14. The molecule has 1 N–H and O–H groups in total. The average molecular weight is 223 g/mol. The lowest BCUT2D eigenvalue weighted by molar-refractivity contribution is 0.277. The smallest absolute Gasteiger partial charge is 0.181 e. The van der Waals surface area contributed by atoms with Gasteiger partial charge in [0.05, 0.1) is 13.7 Å². The van der Waals surface area contributed by atoms with Crippen molar-refractivity contribution in [1.29, 1.82) is 0 Å². The Morgan fingerprint density at radius 2 is 2.31 bits per heavy atom. The maximum Gasteiger partial charge on any atom is 0.181 e. The summed E-state index contributed by atoms with van der Waals surface area (Å²) in [6, 6.07) is 4.31. The minimum atomic E-state index is -0.448. The highest BCUT2D eigenvalue weighted by Gasteiger charge is 2.12. The van der Waals surface area contributed by atoms with Gasteiger partial charge in [0.25, 0.3) is 0 Å². The highest BCUT2D eigenvalue weighted by atomic mass is 19.1. The van der Waals surface area contributed by atoms with Crippen LogP contribution in [0.1, 0.15) is 5.69 Å². The number of methoxy groups -OCH3 is 1. The Hall–Kier alpha value is -1.88. The van der Waals surface area contributed by atoms with Crippen LogP contribution in [0.3, 0.4) is 0 Å². The van der Waals surface area contributed by atoms with Crippen molar-refractivity contribution in [3.63, 3.8) is 0 Å². The summed E-state index contributed by atoms with van der Waals surface area (Å²) in [7, 11) is 1.38. The molecule has 0 saturated carbocycles. The van der Waals surface area contributed by atoms with E-state index in [0.717, 1.165) is 0 Å². The number of aliphatic hydroxyl groups is 1. The SMILES string of the molecule is COc1cc(-c2ocnc2CO)ccc1F. The quantitative estimate of drug-likeness (QED) is 0.864. The van der Waals surface area contributed by atoms with E-state index in [4.69, 9.17) is 14.3 Å². The molecule has 0 bridgehead atoms. The molecule has 0 amide bonds. The Kier molecular flexibility index (Phi) is 2.87. The van der Waals surface area contributed by atoms with Crippen LogP contribution in [0.5, 0.6) is 5.75 Å². The molecule has 1 aromatic carbocycles. The first-order valence-electron chi connectivity index (χ1n) is 4.63. The zero-order valence-corrected chi connectivity index (χ0v) is 8.61. The number of ether oxygens (including phenoxy) is 1. The lowest BCUT2D eigenvalue weighted by Crippen LogP contribution is -1.90. The first kappa shape index (κ1) is 10.6. The predicted octanol–water partition coefficient (Wildman–Crippen LogP) is 1.98. The van der Waals surface area contributed by atoms with Crippen LogP contribution in [-0.4, -0.2) is 17.2 Å². The topological polar surface area (TPSA) is 55.5 Å². The number of rotatable bonds is 3. The summed E-state index contributed by atoms with van der Waals surface area (Å²) in [5.41, 5.74) is 1.02. The van der Waals surface area contributed by atoms with Crippen molar-refractivity contribution in [3.05, 3.63) is 36.1 Å². The molecule has 4 nitrogen and oxygen atoms in total. The van der Waals surface area contributed by atoms with E-state index in [9.17, 15) is 4.39 Å². The van der Waals surface area contributed by atoms with Crippen LogP contribution in [0.15, 0.2) is 29.0 Å². The van der Waals surface area contributed by atoms with Gasteiger partial charge >= 0.3 is 0 Å². The Bertz CT molecular complexity index is 496. The van der Waals surface area contributed by atoms with Gasteiger partial charge in [0.1, 0.15) is 5.69 Å². The van der Waals surface area contributed by atoms with Crippen molar-refractivity contribution in [2.45, 2.75) is 6.61 Å². The zero-order chi connectivity index (χ0) is 11.5. The molecular formula is C11H10FNO3. The van der Waals surface area contributed by atoms with Crippen molar-refractivity contribution in [1.82, 2.24) is 4.98 Å². The Labute approximate surface area is 91.3 Å². The summed E-state index contributed by atoms with van der Waals surface area (Å²) >= 11 is 0. The predicted molar refractivity (Wildman–Crippen MR) is 54.4 cm³/mol. The van der Waals surface area contributed by atoms with Crippen molar-refractivity contribution < 1.29 is 18.7 Å². The number of benzene rings is 1. The summed E-state index contributed by atoms with van der Waals surface area (Å²) in [5, 5.41) is 9.02. The molecular weight excluding hydrogens is 213 g/mol. The van der Waals surface area contributed by atoms with E-state index in [1.165, 1.54) is 31.7 Å². The zero-order valence-electron chi connectivity index (χ0n) is 8.61. The lowest BCUT2D eigenvalue weighted by atomic mass is 10.1.